The third kappa shape index (κ3) is 1.99. The van der Waals surface area contributed by atoms with Crippen molar-refractivity contribution in [1.29, 1.82) is 0 Å². The van der Waals surface area contributed by atoms with E-state index in [1.165, 1.54) is 64.2 Å². The van der Waals surface area contributed by atoms with Crippen LogP contribution >= 0.6 is 0 Å². The molecule has 0 unspecified atom stereocenters. The normalized spacial score (nSPS) is 31.4. The van der Waals surface area contributed by atoms with Crippen molar-refractivity contribution in [3.63, 3.8) is 0 Å². The smallest absolute Gasteiger partial charge is 0.114 e. The van der Waals surface area contributed by atoms with Gasteiger partial charge in [-0.1, -0.05) is 38.5 Å². The summed E-state index contributed by atoms with van der Waals surface area (Å²) in [6.45, 7) is 0.917. The Balaban J connectivity index is 1.84. The summed E-state index contributed by atoms with van der Waals surface area (Å²) in [5.74, 6) is 0.897. The quantitative estimate of drug-likeness (QED) is 0.677. The second kappa shape index (κ2) is 4.27. The van der Waals surface area contributed by atoms with Crippen molar-refractivity contribution in [1.82, 2.24) is 5.32 Å². The molecule has 1 aliphatic heterocycles. The molecule has 3 rings (SSSR count). The summed E-state index contributed by atoms with van der Waals surface area (Å²) >= 11 is 0. The molecule has 2 saturated carbocycles. The number of hydrogen-bond donors (Lipinski definition) is 2. The van der Waals surface area contributed by atoms with Crippen LogP contribution in [0.25, 0.3) is 0 Å². The zero-order chi connectivity index (χ0) is 11.8. The van der Waals surface area contributed by atoms with Crippen molar-refractivity contribution >= 4 is 5.84 Å². The number of nitrogens with one attached hydrogen (secondary N) is 1. The molecule has 0 radical (unpaired) electrons. The Bertz CT molecular complexity index is 309. The predicted molar refractivity (Wildman–Crippen MR) is 71.3 cm³/mol. The van der Waals surface area contributed by atoms with E-state index in [1.54, 1.807) is 0 Å². The van der Waals surface area contributed by atoms with Crippen LogP contribution < -0.4 is 11.1 Å². The van der Waals surface area contributed by atoms with Crippen LogP contribution in [0.5, 0.6) is 0 Å². The molecule has 0 bridgehead atoms. The molecule has 96 valence electrons. The van der Waals surface area contributed by atoms with Gasteiger partial charge in [-0.15, -0.1) is 0 Å². The first-order valence-electron chi connectivity index (χ1n) is 7.35. The van der Waals surface area contributed by atoms with Gasteiger partial charge in [0.2, 0.25) is 0 Å². The fourth-order valence-corrected chi connectivity index (χ4v) is 4.05. The Kier molecular flexibility index (Phi) is 2.89. The zero-order valence-electron chi connectivity index (χ0n) is 10.8. The molecular weight excluding hydrogens is 210 g/mol. The van der Waals surface area contributed by atoms with E-state index >= 15 is 0 Å². The molecule has 3 aliphatic rings. The SMILES string of the molecule is NC1=NCC2(CCCCC2)NC12CCCCC2. The van der Waals surface area contributed by atoms with Crippen LogP contribution in [0.3, 0.4) is 0 Å². The van der Waals surface area contributed by atoms with Gasteiger partial charge < -0.3 is 5.73 Å². The molecule has 0 amide bonds. The molecule has 2 aliphatic carbocycles. The van der Waals surface area contributed by atoms with Crippen LogP contribution in [-0.2, 0) is 0 Å². The van der Waals surface area contributed by atoms with E-state index in [0.29, 0.717) is 5.54 Å². The Labute approximate surface area is 104 Å². The summed E-state index contributed by atoms with van der Waals surface area (Å²) in [4.78, 5) is 4.72. The number of rotatable bonds is 0. The van der Waals surface area contributed by atoms with Crippen molar-refractivity contribution in [2.75, 3.05) is 6.54 Å². The van der Waals surface area contributed by atoms with Crippen LogP contribution in [0.15, 0.2) is 4.99 Å². The van der Waals surface area contributed by atoms with E-state index < -0.39 is 0 Å². The molecule has 0 atom stereocenters. The second-order valence-electron chi connectivity index (χ2n) is 6.31. The average Bonchev–Trinajstić information content (AvgIpc) is 2.37. The lowest BCUT2D eigenvalue weighted by Crippen LogP contribution is -2.69. The van der Waals surface area contributed by atoms with Crippen LogP contribution in [0.2, 0.25) is 0 Å². The third-order valence-electron chi connectivity index (χ3n) is 5.06. The summed E-state index contributed by atoms with van der Waals surface area (Å²) in [5.41, 5.74) is 6.58. The monoisotopic (exact) mass is 235 g/mol. The van der Waals surface area contributed by atoms with Gasteiger partial charge in [-0.05, 0) is 25.7 Å². The van der Waals surface area contributed by atoms with Gasteiger partial charge in [-0.3, -0.25) is 10.3 Å². The molecule has 17 heavy (non-hydrogen) atoms. The third-order valence-corrected chi connectivity index (χ3v) is 5.06. The first-order valence-corrected chi connectivity index (χ1v) is 7.35. The summed E-state index contributed by atoms with van der Waals surface area (Å²) in [5, 5.41) is 3.98. The lowest BCUT2D eigenvalue weighted by Gasteiger charge is -2.51. The van der Waals surface area contributed by atoms with Crippen molar-refractivity contribution < 1.29 is 0 Å². The molecule has 0 aromatic rings. The van der Waals surface area contributed by atoms with Crippen LogP contribution in [0, 0.1) is 0 Å². The predicted octanol–water partition coefficient (Wildman–Crippen LogP) is 2.35. The molecule has 3 N–H and O–H groups in total. The van der Waals surface area contributed by atoms with Gasteiger partial charge in [-0.25, -0.2) is 0 Å². The van der Waals surface area contributed by atoms with Crippen LogP contribution in [0.1, 0.15) is 64.2 Å². The van der Waals surface area contributed by atoms with E-state index in [-0.39, 0.29) is 5.54 Å². The number of aliphatic imine (C=N–C) groups is 1. The topological polar surface area (TPSA) is 50.4 Å². The van der Waals surface area contributed by atoms with Gasteiger partial charge in [0.05, 0.1) is 12.1 Å². The lowest BCUT2D eigenvalue weighted by atomic mass is 9.73. The van der Waals surface area contributed by atoms with Gasteiger partial charge in [-0.2, -0.15) is 0 Å². The van der Waals surface area contributed by atoms with E-state index in [1.807, 2.05) is 0 Å². The minimum absolute atomic E-state index is 0.0633. The summed E-state index contributed by atoms with van der Waals surface area (Å²) in [6, 6.07) is 0. The minimum Gasteiger partial charge on any atom is -0.386 e. The minimum atomic E-state index is 0.0633. The molecule has 2 spiro atoms. The average molecular weight is 235 g/mol. The largest absolute Gasteiger partial charge is 0.386 e. The maximum atomic E-state index is 6.22. The standard InChI is InChI=1S/C14H25N3/c15-12-14(9-5-2-6-10-14)17-13(11-16-12)7-3-1-4-8-13/h17H,1-11H2,(H2,15,16). The zero-order valence-corrected chi connectivity index (χ0v) is 10.8. The molecule has 2 fully saturated rings. The highest BCUT2D eigenvalue weighted by atomic mass is 15.2. The second-order valence-corrected chi connectivity index (χ2v) is 6.31. The Morgan fingerprint density at radius 3 is 2.12 bits per heavy atom. The first-order chi connectivity index (χ1) is 8.25. The molecule has 0 aromatic carbocycles. The maximum absolute atomic E-state index is 6.22. The van der Waals surface area contributed by atoms with E-state index in [9.17, 15) is 0 Å². The maximum Gasteiger partial charge on any atom is 0.114 e. The van der Waals surface area contributed by atoms with Gasteiger partial charge >= 0.3 is 0 Å². The first kappa shape index (κ1) is 11.5. The lowest BCUT2D eigenvalue weighted by molar-refractivity contribution is 0.154. The fraction of sp³-hybridized carbons (Fsp3) is 0.929. The number of nitrogens with zero attached hydrogens (tertiary/aromatic N) is 1. The molecule has 3 nitrogen and oxygen atoms in total. The van der Waals surface area contributed by atoms with E-state index in [4.69, 9.17) is 10.7 Å². The van der Waals surface area contributed by atoms with Crippen LogP contribution in [-0.4, -0.2) is 23.5 Å². The van der Waals surface area contributed by atoms with Crippen molar-refractivity contribution in [3.05, 3.63) is 0 Å². The number of nitrogens with two attached hydrogens (primary N) is 1. The highest BCUT2D eigenvalue weighted by molar-refractivity contribution is 5.91. The Morgan fingerprint density at radius 2 is 1.47 bits per heavy atom. The summed E-state index contributed by atoms with van der Waals surface area (Å²) < 4.78 is 0. The Morgan fingerprint density at radius 1 is 0.882 bits per heavy atom. The number of hydrogen-bond acceptors (Lipinski definition) is 3. The van der Waals surface area contributed by atoms with Gasteiger partial charge in [0.1, 0.15) is 5.84 Å². The van der Waals surface area contributed by atoms with Gasteiger partial charge in [0, 0.05) is 5.54 Å². The van der Waals surface area contributed by atoms with Gasteiger partial charge in [0.25, 0.3) is 0 Å². The van der Waals surface area contributed by atoms with Crippen molar-refractivity contribution in [3.8, 4) is 0 Å². The molecule has 0 saturated heterocycles. The fourth-order valence-electron chi connectivity index (χ4n) is 4.05. The Hall–Kier alpha value is -0.570. The number of amidine groups is 1. The highest BCUT2D eigenvalue weighted by Crippen LogP contribution is 2.38. The van der Waals surface area contributed by atoms with E-state index in [2.05, 4.69) is 5.32 Å². The molecule has 0 aromatic heterocycles. The summed E-state index contributed by atoms with van der Waals surface area (Å²) in [6.07, 6.45) is 13.1. The van der Waals surface area contributed by atoms with Crippen molar-refractivity contribution in [2.45, 2.75) is 75.3 Å². The summed E-state index contributed by atoms with van der Waals surface area (Å²) in [7, 11) is 0. The molecule has 1 heterocycles. The van der Waals surface area contributed by atoms with Crippen molar-refractivity contribution in [2.24, 2.45) is 10.7 Å². The van der Waals surface area contributed by atoms with Crippen LogP contribution in [0.4, 0.5) is 0 Å². The van der Waals surface area contributed by atoms with E-state index in [0.717, 1.165) is 12.4 Å². The molecule has 3 heteroatoms. The van der Waals surface area contributed by atoms with Gasteiger partial charge in [0.15, 0.2) is 0 Å². The highest BCUT2D eigenvalue weighted by Gasteiger charge is 2.46. The molecular formula is C14H25N3.